The number of rotatable bonds is 4. The summed E-state index contributed by atoms with van der Waals surface area (Å²) in [5.41, 5.74) is -1.00. The molecule has 0 radical (unpaired) electrons. The van der Waals surface area contributed by atoms with Gasteiger partial charge in [-0.25, -0.2) is 9.59 Å². The molecule has 2 fully saturated rings. The maximum Gasteiger partial charge on any atom is 0.329 e. The maximum absolute atomic E-state index is 11.6. The molecule has 17 heavy (non-hydrogen) atoms. The minimum Gasteiger partial charge on any atom is -0.480 e. The monoisotopic (exact) mass is 240 g/mol. The van der Waals surface area contributed by atoms with Gasteiger partial charge in [-0.05, 0) is 38.0 Å². The molecule has 5 heteroatoms. The molecule has 0 aromatic rings. The van der Waals surface area contributed by atoms with Crippen molar-refractivity contribution in [1.82, 2.24) is 10.6 Å². The summed E-state index contributed by atoms with van der Waals surface area (Å²) in [5.74, 6) is -0.345. The van der Waals surface area contributed by atoms with Crippen molar-refractivity contribution >= 4 is 12.0 Å². The molecule has 3 N–H and O–H groups in total. The Morgan fingerprint density at radius 3 is 2.29 bits per heavy atom. The van der Waals surface area contributed by atoms with E-state index >= 15 is 0 Å². The van der Waals surface area contributed by atoms with E-state index in [-0.39, 0.29) is 6.03 Å². The van der Waals surface area contributed by atoms with E-state index in [1.807, 2.05) is 0 Å². The van der Waals surface area contributed by atoms with Gasteiger partial charge in [0.2, 0.25) is 0 Å². The topological polar surface area (TPSA) is 78.4 Å². The van der Waals surface area contributed by atoms with Crippen molar-refractivity contribution in [1.29, 1.82) is 0 Å². The summed E-state index contributed by atoms with van der Waals surface area (Å²) in [6, 6.07) is -0.334. The molecular formula is C12H20N2O3. The van der Waals surface area contributed by atoms with Crippen LogP contribution >= 0.6 is 0 Å². The number of hydrogen-bond acceptors (Lipinski definition) is 2. The molecule has 96 valence electrons. The van der Waals surface area contributed by atoms with Crippen molar-refractivity contribution < 1.29 is 14.7 Å². The first kappa shape index (κ1) is 12.2. The molecule has 0 aromatic carbocycles. The molecule has 0 saturated heterocycles. The van der Waals surface area contributed by atoms with Crippen LogP contribution in [-0.2, 0) is 4.79 Å². The van der Waals surface area contributed by atoms with Gasteiger partial charge in [0.25, 0.3) is 0 Å². The Labute approximate surface area is 101 Å². The number of hydrogen-bond donors (Lipinski definition) is 3. The van der Waals surface area contributed by atoms with E-state index in [1.54, 1.807) is 0 Å². The highest BCUT2D eigenvalue weighted by Crippen LogP contribution is 2.32. The highest BCUT2D eigenvalue weighted by atomic mass is 16.4. The molecule has 0 spiro atoms. The lowest BCUT2D eigenvalue weighted by atomic mass is 9.77. The summed E-state index contributed by atoms with van der Waals surface area (Å²) in [6.45, 7) is 0.668. The van der Waals surface area contributed by atoms with E-state index in [0.717, 1.165) is 6.42 Å². The van der Waals surface area contributed by atoms with Crippen LogP contribution in [0.2, 0.25) is 0 Å². The minimum atomic E-state index is -1.00. The second-order valence-electron chi connectivity index (χ2n) is 5.23. The molecule has 2 aliphatic rings. The predicted octanol–water partition coefficient (Wildman–Crippen LogP) is 1.48. The highest BCUT2D eigenvalue weighted by molar-refractivity contribution is 5.87. The van der Waals surface area contributed by atoms with Crippen LogP contribution in [0, 0.1) is 5.92 Å². The van der Waals surface area contributed by atoms with E-state index in [1.165, 1.54) is 25.7 Å². The van der Waals surface area contributed by atoms with Crippen molar-refractivity contribution in [3.05, 3.63) is 0 Å². The van der Waals surface area contributed by atoms with Crippen LogP contribution < -0.4 is 10.6 Å². The number of nitrogens with one attached hydrogen (secondary N) is 2. The standard InChI is InChI=1S/C12H20N2O3/c15-10(16)12(6-3-7-12)14-11(17)13-8-9-4-1-2-5-9/h9H,1-8H2,(H,15,16)(H2,13,14,17). The fourth-order valence-electron chi connectivity index (χ4n) is 2.64. The van der Waals surface area contributed by atoms with Gasteiger partial charge in [-0.1, -0.05) is 12.8 Å². The van der Waals surface area contributed by atoms with Gasteiger partial charge >= 0.3 is 12.0 Å². The lowest BCUT2D eigenvalue weighted by Crippen LogP contribution is -2.61. The Balaban J connectivity index is 1.74. The molecule has 0 bridgehead atoms. The quantitative estimate of drug-likeness (QED) is 0.696. The van der Waals surface area contributed by atoms with Gasteiger partial charge in [-0.3, -0.25) is 0 Å². The van der Waals surface area contributed by atoms with Crippen molar-refractivity contribution in [3.8, 4) is 0 Å². The van der Waals surface area contributed by atoms with E-state index in [0.29, 0.717) is 25.3 Å². The number of carbonyl (C=O) groups is 2. The van der Waals surface area contributed by atoms with Crippen LogP contribution in [-0.4, -0.2) is 29.2 Å². The number of carboxylic acid groups (broad SMARTS) is 1. The van der Waals surface area contributed by atoms with Gasteiger partial charge < -0.3 is 15.7 Å². The average Bonchev–Trinajstić information content (AvgIpc) is 2.72. The first-order valence-corrected chi connectivity index (χ1v) is 6.42. The maximum atomic E-state index is 11.6. The van der Waals surface area contributed by atoms with Gasteiger partial charge in [0, 0.05) is 6.54 Å². The first-order valence-electron chi connectivity index (χ1n) is 6.42. The van der Waals surface area contributed by atoms with Crippen molar-refractivity contribution in [3.63, 3.8) is 0 Å². The average molecular weight is 240 g/mol. The van der Waals surface area contributed by atoms with Crippen molar-refractivity contribution in [2.75, 3.05) is 6.54 Å². The Hall–Kier alpha value is -1.26. The molecule has 0 unspecified atom stereocenters. The van der Waals surface area contributed by atoms with Crippen LogP contribution in [0.4, 0.5) is 4.79 Å². The van der Waals surface area contributed by atoms with Crippen LogP contribution in [0.1, 0.15) is 44.9 Å². The van der Waals surface area contributed by atoms with Crippen molar-refractivity contribution in [2.45, 2.75) is 50.5 Å². The first-order chi connectivity index (χ1) is 8.12. The predicted molar refractivity (Wildman–Crippen MR) is 62.7 cm³/mol. The number of carboxylic acids is 1. The minimum absolute atomic E-state index is 0.334. The number of urea groups is 1. The van der Waals surface area contributed by atoms with E-state index in [2.05, 4.69) is 10.6 Å². The van der Waals surface area contributed by atoms with Gasteiger partial charge in [-0.2, -0.15) is 0 Å². The summed E-state index contributed by atoms with van der Waals surface area (Å²) < 4.78 is 0. The SMILES string of the molecule is O=C(NCC1CCCC1)NC1(C(=O)O)CCC1. The van der Waals surface area contributed by atoms with Crippen LogP contribution in [0.15, 0.2) is 0 Å². The Kier molecular flexibility index (Phi) is 3.54. The fraction of sp³-hybridized carbons (Fsp3) is 0.833. The third-order valence-corrected chi connectivity index (χ3v) is 4.00. The summed E-state index contributed by atoms with van der Waals surface area (Å²) in [5, 5.41) is 14.5. The Morgan fingerprint density at radius 1 is 1.18 bits per heavy atom. The third-order valence-electron chi connectivity index (χ3n) is 4.00. The summed E-state index contributed by atoms with van der Waals surface area (Å²) in [7, 11) is 0. The molecule has 2 rings (SSSR count). The zero-order valence-electron chi connectivity index (χ0n) is 10.00. The normalized spacial score (nSPS) is 22.8. The summed E-state index contributed by atoms with van der Waals surface area (Å²) in [4.78, 5) is 22.7. The van der Waals surface area contributed by atoms with Gasteiger partial charge in [-0.15, -0.1) is 0 Å². The fourth-order valence-corrected chi connectivity index (χ4v) is 2.64. The zero-order chi connectivity index (χ0) is 12.3. The number of carbonyl (C=O) groups excluding carboxylic acids is 1. The third kappa shape index (κ3) is 2.70. The van der Waals surface area contributed by atoms with Crippen molar-refractivity contribution in [2.24, 2.45) is 5.92 Å². The van der Waals surface area contributed by atoms with Gasteiger partial charge in [0.05, 0.1) is 0 Å². The number of amides is 2. The lowest BCUT2D eigenvalue weighted by Gasteiger charge is -2.38. The number of aliphatic carboxylic acids is 1. The summed E-state index contributed by atoms with van der Waals surface area (Å²) in [6.07, 6.45) is 6.78. The smallest absolute Gasteiger partial charge is 0.329 e. The van der Waals surface area contributed by atoms with Gasteiger partial charge in [0.15, 0.2) is 0 Å². The molecule has 2 saturated carbocycles. The molecule has 0 heterocycles. The molecule has 0 aromatic heterocycles. The van der Waals surface area contributed by atoms with Crippen LogP contribution in [0.3, 0.4) is 0 Å². The van der Waals surface area contributed by atoms with Crippen LogP contribution in [0.5, 0.6) is 0 Å². The van der Waals surface area contributed by atoms with Crippen LogP contribution in [0.25, 0.3) is 0 Å². The lowest BCUT2D eigenvalue weighted by molar-refractivity contribution is -0.148. The van der Waals surface area contributed by atoms with E-state index in [4.69, 9.17) is 5.11 Å². The van der Waals surface area contributed by atoms with E-state index < -0.39 is 11.5 Å². The largest absolute Gasteiger partial charge is 0.480 e. The molecule has 0 atom stereocenters. The van der Waals surface area contributed by atoms with Gasteiger partial charge in [0.1, 0.15) is 5.54 Å². The zero-order valence-corrected chi connectivity index (χ0v) is 10.00. The second-order valence-corrected chi connectivity index (χ2v) is 5.23. The second kappa shape index (κ2) is 4.94. The summed E-state index contributed by atoms with van der Waals surface area (Å²) >= 11 is 0. The molecule has 2 aliphatic carbocycles. The molecule has 5 nitrogen and oxygen atoms in total. The Morgan fingerprint density at radius 2 is 1.82 bits per heavy atom. The molecular weight excluding hydrogens is 220 g/mol. The molecule has 2 amide bonds. The highest BCUT2D eigenvalue weighted by Gasteiger charge is 2.45. The molecule has 0 aliphatic heterocycles. The van der Waals surface area contributed by atoms with E-state index in [9.17, 15) is 9.59 Å². The Bertz CT molecular complexity index is 307.